The molecule has 7 nitrogen and oxygen atoms in total. The fraction of sp³-hybridized carbons (Fsp3) is 0.500. The zero-order valence-corrected chi connectivity index (χ0v) is 11.5. The van der Waals surface area contributed by atoms with Gasteiger partial charge in [-0.2, -0.15) is 0 Å². The van der Waals surface area contributed by atoms with E-state index in [9.17, 15) is 15.0 Å². The van der Waals surface area contributed by atoms with E-state index in [0.29, 0.717) is 11.3 Å². The SMILES string of the molecule is COC(=O)c1ccc(O[C@H]2C[C@@H](O)[C@@H](O)[C@@H](CO)O2)cc1. The van der Waals surface area contributed by atoms with Gasteiger partial charge in [0.2, 0.25) is 6.29 Å². The third kappa shape index (κ3) is 3.70. The summed E-state index contributed by atoms with van der Waals surface area (Å²) in [7, 11) is 1.30. The van der Waals surface area contributed by atoms with Crippen molar-refractivity contribution in [3.63, 3.8) is 0 Å². The number of ether oxygens (including phenoxy) is 3. The van der Waals surface area contributed by atoms with Gasteiger partial charge in [0.05, 0.1) is 25.4 Å². The number of aliphatic hydroxyl groups excluding tert-OH is 3. The minimum atomic E-state index is -1.14. The lowest BCUT2D eigenvalue weighted by Crippen LogP contribution is -2.51. The lowest BCUT2D eigenvalue weighted by molar-refractivity contribution is -0.229. The van der Waals surface area contributed by atoms with E-state index in [-0.39, 0.29) is 6.42 Å². The minimum absolute atomic E-state index is 0.0798. The van der Waals surface area contributed by atoms with Crippen molar-refractivity contribution in [2.75, 3.05) is 13.7 Å². The number of methoxy groups -OCH3 is 1. The van der Waals surface area contributed by atoms with Crippen molar-refractivity contribution in [3.05, 3.63) is 29.8 Å². The number of carbonyl (C=O) groups excluding carboxylic acids is 1. The largest absolute Gasteiger partial charge is 0.465 e. The first-order valence-corrected chi connectivity index (χ1v) is 6.52. The first-order valence-electron chi connectivity index (χ1n) is 6.52. The summed E-state index contributed by atoms with van der Waals surface area (Å²) in [5.41, 5.74) is 0.387. The number of esters is 1. The Hall–Kier alpha value is -1.67. The molecular formula is C14H18O7. The van der Waals surface area contributed by atoms with Crippen LogP contribution in [-0.2, 0) is 9.47 Å². The van der Waals surface area contributed by atoms with Crippen LogP contribution in [0, 0.1) is 0 Å². The molecule has 1 aromatic rings. The highest BCUT2D eigenvalue weighted by molar-refractivity contribution is 5.89. The van der Waals surface area contributed by atoms with Gasteiger partial charge in [-0.15, -0.1) is 0 Å². The van der Waals surface area contributed by atoms with Crippen LogP contribution in [0.2, 0.25) is 0 Å². The summed E-state index contributed by atoms with van der Waals surface area (Å²) >= 11 is 0. The van der Waals surface area contributed by atoms with Gasteiger partial charge in [-0.3, -0.25) is 0 Å². The maximum Gasteiger partial charge on any atom is 0.337 e. The second-order valence-corrected chi connectivity index (χ2v) is 4.71. The van der Waals surface area contributed by atoms with E-state index in [1.54, 1.807) is 24.3 Å². The van der Waals surface area contributed by atoms with Crippen molar-refractivity contribution in [2.24, 2.45) is 0 Å². The molecule has 0 spiro atoms. The number of hydrogen-bond acceptors (Lipinski definition) is 7. The van der Waals surface area contributed by atoms with Crippen molar-refractivity contribution in [1.29, 1.82) is 0 Å². The van der Waals surface area contributed by atoms with Crippen LogP contribution in [0.25, 0.3) is 0 Å². The molecule has 2 rings (SSSR count). The number of benzene rings is 1. The number of hydrogen-bond donors (Lipinski definition) is 3. The van der Waals surface area contributed by atoms with Crippen LogP contribution in [-0.4, -0.2) is 59.6 Å². The van der Waals surface area contributed by atoms with E-state index >= 15 is 0 Å². The van der Waals surface area contributed by atoms with Crippen LogP contribution in [0.3, 0.4) is 0 Å². The predicted octanol–water partition coefficient (Wildman–Crippen LogP) is -0.319. The van der Waals surface area contributed by atoms with Crippen molar-refractivity contribution in [3.8, 4) is 5.75 Å². The number of rotatable bonds is 4. The predicted molar refractivity (Wildman–Crippen MR) is 70.8 cm³/mol. The molecule has 0 aliphatic carbocycles. The summed E-state index contributed by atoms with van der Waals surface area (Å²) in [5.74, 6) is -0.0118. The summed E-state index contributed by atoms with van der Waals surface area (Å²) in [6.07, 6.45) is -3.78. The lowest BCUT2D eigenvalue weighted by Gasteiger charge is -2.36. The molecule has 1 aliphatic heterocycles. The molecule has 0 bridgehead atoms. The quantitative estimate of drug-likeness (QED) is 0.654. The molecule has 4 atom stereocenters. The van der Waals surface area contributed by atoms with E-state index in [1.807, 2.05) is 0 Å². The Balaban J connectivity index is 1.99. The Kier molecular flexibility index (Phi) is 5.13. The highest BCUT2D eigenvalue weighted by Gasteiger charge is 2.37. The number of carbonyl (C=O) groups is 1. The summed E-state index contributed by atoms with van der Waals surface area (Å²) in [4.78, 5) is 11.3. The third-order valence-electron chi connectivity index (χ3n) is 3.26. The molecule has 1 aromatic carbocycles. The summed E-state index contributed by atoms with van der Waals surface area (Å²) in [6.45, 7) is -0.417. The molecule has 0 saturated carbocycles. The smallest absolute Gasteiger partial charge is 0.337 e. The summed E-state index contributed by atoms with van der Waals surface area (Å²) < 4.78 is 15.5. The van der Waals surface area contributed by atoms with Crippen LogP contribution < -0.4 is 4.74 Å². The van der Waals surface area contributed by atoms with E-state index in [4.69, 9.17) is 14.6 Å². The van der Waals surface area contributed by atoms with Gasteiger partial charge in [-0.25, -0.2) is 4.79 Å². The van der Waals surface area contributed by atoms with Gasteiger partial charge in [0.25, 0.3) is 0 Å². The molecule has 0 unspecified atom stereocenters. The first-order chi connectivity index (χ1) is 10.0. The van der Waals surface area contributed by atoms with Crippen molar-refractivity contribution in [1.82, 2.24) is 0 Å². The maximum absolute atomic E-state index is 11.3. The van der Waals surface area contributed by atoms with Crippen molar-refractivity contribution in [2.45, 2.75) is 31.0 Å². The van der Waals surface area contributed by atoms with Crippen LogP contribution in [0.15, 0.2) is 24.3 Å². The second-order valence-electron chi connectivity index (χ2n) is 4.71. The van der Waals surface area contributed by atoms with E-state index in [0.717, 1.165) is 0 Å². The molecule has 7 heteroatoms. The Morgan fingerprint density at radius 3 is 2.57 bits per heavy atom. The Morgan fingerprint density at radius 2 is 2.00 bits per heavy atom. The molecule has 0 amide bonds. The standard InChI is InChI=1S/C14H18O7/c1-19-14(18)8-2-4-9(5-3-8)20-12-6-10(16)13(17)11(7-15)21-12/h2-5,10-13,15-17H,6-7H2,1H3/t10-,11-,12-,13-/m1/s1. The van der Waals surface area contributed by atoms with Gasteiger partial charge in [-0.05, 0) is 24.3 Å². The minimum Gasteiger partial charge on any atom is -0.465 e. The third-order valence-corrected chi connectivity index (χ3v) is 3.26. The first kappa shape index (κ1) is 15.7. The van der Waals surface area contributed by atoms with Crippen LogP contribution in [0.1, 0.15) is 16.8 Å². The fourth-order valence-electron chi connectivity index (χ4n) is 2.08. The van der Waals surface area contributed by atoms with Crippen molar-refractivity contribution >= 4 is 5.97 Å². The van der Waals surface area contributed by atoms with Gasteiger partial charge >= 0.3 is 5.97 Å². The van der Waals surface area contributed by atoms with Gasteiger partial charge < -0.3 is 29.5 Å². The molecule has 3 N–H and O–H groups in total. The zero-order valence-electron chi connectivity index (χ0n) is 11.5. The highest BCUT2D eigenvalue weighted by Crippen LogP contribution is 2.23. The Morgan fingerprint density at radius 1 is 1.33 bits per heavy atom. The topological polar surface area (TPSA) is 105 Å². The van der Waals surface area contributed by atoms with Gasteiger partial charge in [0.15, 0.2) is 0 Å². The average Bonchev–Trinajstić information content (AvgIpc) is 2.50. The van der Waals surface area contributed by atoms with Gasteiger partial charge in [0.1, 0.15) is 18.0 Å². The second kappa shape index (κ2) is 6.86. The molecule has 1 saturated heterocycles. The van der Waals surface area contributed by atoms with E-state index < -0.39 is 37.2 Å². The Bertz CT molecular complexity index is 473. The van der Waals surface area contributed by atoms with E-state index in [2.05, 4.69) is 4.74 Å². The molecule has 116 valence electrons. The molecule has 1 aliphatic rings. The van der Waals surface area contributed by atoms with Crippen LogP contribution in [0.5, 0.6) is 5.75 Å². The van der Waals surface area contributed by atoms with E-state index in [1.165, 1.54) is 7.11 Å². The van der Waals surface area contributed by atoms with Crippen LogP contribution in [0.4, 0.5) is 0 Å². The molecule has 0 radical (unpaired) electrons. The van der Waals surface area contributed by atoms with Crippen molar-refractivity contribution < 1.29 is 34.3 Å². The summed E-state index contributed by atoms with van der Waals surface area (Å²) in [6, 6.07) is 6.22. The average molecular weight is 298 g/mol. The monoisotopic (exact) mass is 298 g/mol. The molecule has 1 fully saturated rings. The van der Waals surface area contributed by atoms with Gasteiger partial charge in [-0.1, -0.05) is 0 Å². The van der Waals surface area contributed by atoms with Gasteiger partial charge in [0, 0.05) is 6.42 Å². The molecule has 1 heterocycles. The molecular weight excluding hydrogens is 280 g/mol. The Labute approximate surface area is 121 Å². The number of aliphatic hydroxyl groups is 3. The lowest BCUT2D eigenvalue weighted by atomic mass is 10.0. The maximum atomic E-state index is 11.3. The van der Waals surface area contributed by atoms with Crippen LogP contribution >= 0.6 is 0 Å². The fourth-order valence-corrected chi connectivity index (χ4v) is 2.08. The molecule has 21 heavy (non-hydrogen) atoms. The summed E-state index contributed by atoms with van der Waals surface area (Å²) in [5, 5.41) is 28.4. The molecule has 0 aromatic heterocycles. The zero-order chi connectivity index (χ0) is 15.4. The normalized spacial score (nSPS) is 29.0. The highest BCUT2D eigenvalue weighted by atomic mass is 16.7.